The largest absolute Gasteiger partial charge is 0.477 e. The van der Waals surface area contributed by atoms with Gasteiger partial charge in [0.05, 0.1) is 6.54 Å². The molecule has 1 fully saturated rings. The van der Waals surface area contributed by atoms with E-state index in [2.05, 4.69) is 41.5 Å². The van der Waals surface area contributed by atoms with Gasteiger partial charge < -0.3 is 30.9 Å². The molecule has 1 saturated heterocycles. The fourth-order valence-electron chi connectivity index (χ4n) is 3.63. The second-order valence-electron chi connectivity index (χ2n) is 7.80. The van der Waals surface area contributed by atoms with Gasteiger partial charge in [0, 0.05) is 16.9 Å². The predicted octanol–water partition coefficient (Wildman–Crippen LogP) is -1.51. The van der Waals surface area contributed by atoms with Crippen LogP contribution in [0.15, 0.2) is 32.1 Å². The van der Waals surface area contributed by atoms with E-state index in [1.165, 1.54) is 24.3 Å². The van der Waals surface area contributed by atoms with Crippen molar-refractivity contribution in [3.8, 4) is 0 Å². The number of amides is 3. The quantitative estimate of drug-likeness (QED) is 0.0423. The molecule has 0 saturated carbocycles. The summed E-state index contributed by atoms with van der Waals surface area (Å²) in [7, 11) is 1.21. The molecule has 2 atom stereocenters. The number of tetrazole rings is 1. The van der Waals surface area contributed by atoms with Crippen LogP contribution < -0.4 is 10.6 Å². The summed E-state index contributed by atoms with van der Waals surface area (Å²) in [6, 6.07) is -1.07. The molecular weight excluding hydrogens is 608 g/mol. The number of anilines is 1. The highest BCUT2D eigenvalue weighted by atomic mass is 32.2. The van der Waals surface area contributed by atoms with E-state index in [9.17, 15) is 29.1 Å². The van der Waals surface area contributed by atoms with E-state index in [4.69, 9.17) is 15.2 Å². The first-order valence-corrected chi connectivity index (χ1v) is 13.9. The highest BCUT2D eigenvalue weighted by Crippen LogP contribution is 2.41. The van der Waals surface area contributed by atoms with Gasteiger partial charge in [0.2, 0.25) is 11.6 Å². The van der Waals surface area contributed by atoms with Crippen molar-refractivity contribution in [3.05, 3.63) is 22.3 Å². The first kappa shape index (κ1) is 29.4. The van der Waals surface area contributed by atoms with Crippen LogP contribution in [0, 0.1) is 0 Å². The summed E-state index contributed by atoms with van der Waals surface area (Å²) in [5.74, 6) is -4.08. The molecule has 0 aromatic carbocycles. The van der Waals surface area contributed by atoms with Gasteiger partial charge in [-0.25, -0.2) is 19.3 Å². The van der Waals surface area contributed by atoms with Gasteiger partial charge in [-0.1, -0.05) is 22.1 Å². The Morgan fingerprint density at radius 1 is 1.34 bits per heavy atom. The maximum atomic E-state index is 13.0. The number of nitrogens with one attached hydrogen (secondary N) is 2. The van der Waals surface area contributed by atoms with Gasteiger partial charge in [-0.15, -0.1) is 28.2 Å². The van der Waals surface area contributed by atoms with Crippen LogP contribution in [-0.4, -0.2) is 117 Å². The van der Waals surface area contributed by atoms with Gasteiger partial charge >= 0.3 is 11.9 Å². The molecular formula is C19H18N10O9S3. The third-order valence-electron chi connectivity index (χ3n) is 5.40. The number of aromatic nitrogens is 5. The fourth-order valence-corrected chi connectivity index (χ4v) is 6.65. The number of β-lactam (4-membered cyclic amide) rings is 1. The number of thiazole rings is 1. The molecule has 2 aromatic rings. The van der Waals surface area contributed by atoms with Crippen molar-refractivity contribution in [2.75, 3.05) is 23.9 Å². The zero-order chi connectivity index (χ0) is 29.7. The van der Waals surface area contributed by atoms with Crippen LogP contribution in [0.1, 0.15) is 5.69 Å². The maximum Gasteiger partial charge on any atom is 0.355 e. The number of rotatable bonds is 13. The van der Waals surface area contributed by atoms with Gasteiger partial charge in [-0.3, -0.25) is 19.3 Å². The summed E-state index contributed by atoms with van der Waals surface area (Å²) < 4.78 is 1.06. The van der Waals surface area contributed by atoms with Crippen LogP contribution in [0.3, 0.4) is 0 Å². The van der Waals surface area contributed by atoms with Crippen molar-refractivity contribution in [2.45, 2.75) is 23.1 Å². The number of oxime groups is 2. The number of carboxylic acid groups (broad SMARTS) is 2. The lowest BCUT2D eigenvalue weighted by Crippen LogP contribution is -2.71. The van der Waals surface area contributed by atoms with Crippen molar-refractivity contribution in [1.82, 2.24) is 35.4 Å². The third-order valence-corrected chi connectivity index (χ3v) is 8.56. The number of hydrogen-bond acceptors (Lipinski definition) is 16. The molecule has 4 heterocycles. The second-order valence-corrected chi connectivity index (χ2v) is 10.7. The standard InChI is InChI=1S/C19H18N10O9S3/c1-38-25-10(9-5-40-18(21-9)20-6-30)13(31)22-11-14(32)29-12(17(35)36)7(3-39-15(11)29)4-41-19-23-26-27-28(19)2-8(24-37)16(33)34/h5-6,11,15,37H,2-4H2,1H3,(H,22,31)(H,33,34)(H,35,36)(H,20,21,30)/t11?,15-/m0/s1. The molecule has 41 heavy (non-hydrogen) atoms. The maximum absolute atomic E-state index is 13.0. The molecule has 2 aromatic heterocycles. The predicted molar refractivity (Wildman–Crippen MR) is 140 cm³/mol. The topological polar surface area (TPSA) is 264 Å². The highest BCUT2D eigenvalue weighted by molar-refractivity contribution is 8.01. The van der Waals surface area contributed by atoms with Crippen LogP contribution in [0.25, 0.3) is 0 Å². The molecule has 1 unspecified atom stereocenters. The Morgan fingerprint density at radius 2 is 2.12 bits per heavy atom. The van der Waals surface area contributed by atoms with Gasteiger partial charge in [0.25, 0.3) is 11.8 Å². The second kappa shape index (κ2) is 12.7. The molecule has 3 amide bonds. The monoisotopic (exact) mass is 626 g/mol. The Hall–Kier alpha value is -4.57. The van der Waals surface area contributed by atoms with Gasteiger partial charge in [0.1, 0.15) is 29.9 Å². The Kier molecular flexibility index (Phi) is 9.14. The van der Waals surface area contributed by atoms with E-state index in [0.29, 0.717) is 12.0 Å². The molecule has 19 nitrogen and oxygen atoms in total. The van der Waals surface area contributed by atoms with Gasteiger partial charge in [0.15, 0.2) is 16.6 Å². The lowest BCUT2D eigenvalue weighted by Gasteiger charge is -2.49. The minimum absolute atomic E-state index is 0.0346. The molecule has 22 heteroatoms. The number of aliphatic carboxylic acids is 2. The van der Waals surface area contributed by atoms with E-state index in [1.54, 1.807) is 0 Å². The molecule has 2 aliphatic heterocycles. The summed E-state index contributed by atoms with van der Waals surface area (Å²) in [6.07, 6.45) is 0.418. The minimum Gasteiger partial charge on any atom is -0.477 e. The molecule has 2 aliphatic rings. The number of carbonyl (C=O) groups excluding carboxylic acids is 3. The zero-order valence-electron chi connectivity index (χ0n) is 20.5. The smallest absolute Gasteiger partial charge is 0.355 e. The summed E-state index contributed by atoms with van der Waals surface area (Å²) in [6.45, 7) is -0.445. The van der Waals surface area contributed by atoms with Crippen LogP contribution in [-0.2, 0) is 35.4 Å². The molecule has 0 radical (unpaired) electrons. The van der Waals surface area contributed by atoms with E-state index < -0.39 is 47.4 Å². The SMILES string of the molecule is CON=C(C(=O)NC1C(=O)N2C(C(=O)O)=C(CSc3nnnn3CC(=NO)C(=O)O)CS[C@@H]12)c1csc(NC=O)n1. The molecule has 0 bridgehead atoms. The highest BCUT2D eigenvalue weighted by Gasteiger charge is 2.54. The van der Waals surface area contributed by atoms with Crippen molar-refractivity contribution in [1.29, 1.82) is 0 Å². The molecule has 0 spiro atoms. The van der Waals surface area contributed by atoms with Crippen LogP contribution in [0.4, 0.5) is 5.13 Å². The summed E-state index contributed by atoms with van der Waals surface area (Å²) in [4.78, 5) is 69.8. The van der Waals surface area contributed by atoms with Crippen LogP contribution in [0.5, 0.6) is 0 Å². The number of nitrogens with zero attached hydrogens (tertiary/aromatic N) is 8. The molecule has 0 aliphatic carbocycles. The summed E-state index contributed by atoms with van der Waals surface area (Å²) in [5.41, 5.74) is -0.673. The first-order valence-electron chi connectivity index (χ1n) is 11.0. The van der Waals surface area contributed by atoms with E-state index in [-0.39, 0.29) is 38.9 Å². The third kappa shape index (κ3) is 6.12. The van der Waals surface area contributed by atoms with Crippen molar-refractivity contribution >= 4 is 81.6 Å². The van der Waals surface area contributed by atoms with Crippen LogP contribution in [0.2, 0.25) is 0 Å². The number of thioether (sulfide) groups is 2. The Balaban J connectivity index is 1.47. The van der Waals surface area contributed by atoms with Gasteiger partial charge in [-0.2, -0.15) is 0 Å². The minimum atomic E-state index is -1.48. The van der Waals surface area contributed by atoms with E-state index in [1.807, 2.05) is 0 Å². The molecule has 216 valence electrons. The zero-order valence-corrected chi connectivity index (χ0v) is 23.0. The van der Waals surface area contributed by atoms with E-state index in [0.717, 1.165) is 32.7 Å². The number of fused-ring (bicyclic) bond motifs is 1. The van der Waals surface area contributed by atoms with Crippen molar-refractivity contribution in [2.24, 2.45) is 10.3 Å². The van der Waals surface area contributed by atoms with Crippen molar-refractivity contribution in [3.63, 3.8) is 0 Å². The first-order chi connectivity index (χ1) is 19.7. The van der Waals surface area contributed by atoms with Crippen LogP contribution >= 0.6 is 34.9 Å². The average Bonchev–Trinajstić information content (AvgIpc) is 3.60. The fraction of sp³-hybridized carbons (Fsp3) is 0.316. The van der Waals surface area contributed by atoms with Crippen molar-refractivity contribution < 1.29 is 44.2 Å². The summed E-state index contributed by atoms with van der Waals surface area (Å²) >= 11 is 3.25. The summed E-state index contributed by atoms with van der Waals surface area (Å²) in [5, 5.41) is 51.0. The Labute approximate surface area is 240 Å². The number of carbonyl (C=O) groups is 5. The Morgan fingerprint density at radius 3 is 2.78 bits per heavy atom. The lowest BCUT2D eigenvalue weighted by atomic mass is 10.0. The molecule has 4 rings (SSSR count). The lowest BCUT2D eigenvalue weighted by molar-refractivity contribution is -0.150. The Bertz CT molecular complexity index is 1490. The number of carboxylic acids is 2. The van der Waals surface area contributed by atoms with E-state index >= 15 is 0 Å². The molecule has 5 N–H and O–H groups in total. The average molecular weight is 627 g/mol. The normalized spacial score (nSPS) is 18.9. The number of hydrogen-bond donors (Lipinski definition) is 5. The van der Waals surface area contributed by atoms with Gasteiger partial charge in [-0.05, 0) is 16.0 Å².